The second-order valence-corrected chi connectivity index (χ2v) is 7.18. The molecule has 120 valence electrons. The quantitative estimate of drug-likeness (QED) is 0.756. The first-order chi connectivity index (χ1) is 10.2. The van der Waals surface area contributed by atoms with Crippen LogP contribution in [0.5, 0.6) is 0 Å². The normalized spacial score (nSPS) is 20.0. The van der Waals surface area contributed by atoms with Crippen molar-refractivity contribution in [2.24, 2.45) is 5.92 Å². The van der Waals surface area contributed by atoms with Gasteiger partial charge in [0, 0.05) is 44.8 Å². The number of hydrogen-bond donors (Lipinski definition) is 0. The second-order valence-electron chi connectivity index (χ2n) is 6.19. The molecule has 0 saturated carbocycles. The minimum atomic E-state index is 0.302. The van der Waals surface area contributed by atoms with Crippen LogP contribution in [-0.2, 0) is 9.59 Å². The summed E-state index contributed by atoms with van der Waals surface area (Å²) in [7, 11) is 0. The zero-order chi connectivity index (χ0) is 15.1. The topological polar surface area (TPSA) is 40.6 Å². The molecule has 4 nitrogen and oxygen atoms in total. The van der Waals surface area contributed by atoms with Crippen LogP contribution >= 0.6 is 11.8 Å². The number of nitrogens with zero attached hydrogens (tertiary/aromatic N) is 2. The first-order valence-electron chi connectivity index (χ1n) is 8.25. The molecule has 2 heterocycles. The van der Waals surface area contributed by atoms with E-state index in [1.165, 1.54) is 12.8 Å². The summed E-state index contributed by atoms with van der Waals surface area (Å²) >= 11 is 1.73. The zero-order valence-electron chi connectivity index (χ0n) is 13.2. The molecule has 0 aromatic heterocycles. The van der Waals surface area contributed by atoms with Crippen molar-refractivity contribution < 1.29 is 9.59 Å². The molecule has 0 radical (unpaired) electrons. The minimum absolute atomic E-state index is 0.302. The number of carbonyl (C=O) groups excluding carboxylic acids is 2. The lowest BCUT2D eigenvalue weighted by atomic mass is 9.92. The van der Waals surface area contributed by atoms with E-state index in [4.69, 9.17) is 0 Å². The number of rotatable bonds is 6. The Balaban J connectivity index is 1.62. The van der Waals surface area contributed by atoms with Crippen LogP contribution in [0.4, 0.5) is 0 Å². The Labute approximate surface area is 132 Å². The summed E-state index contributed by atoms with van der Waals surface area (Å²) in [6, 6.07) is 0. The van der Waals surface area contributed by atoms with Crippen molar-refractivity contribution in [3.8, 4) is 0 Å². The van der Waals surface area contributed by atoms with Gasteiger partial charge in [-0.3, -0.25) is 9.59 Å². The van der Waals surface area contributed by atoms with Crippen molar-refractivity contribution in [3.63, 3.8) is 0 Å². The molecule has 2 fully saturated rings. The average molecular weight is 312 g/mol. The lowest BCUT2D eigenvalue weighted by molar-refractivity contribution is -0.133. The van der Waals surface area contributed by atoms with Crippen LogP contribution in [0.1, 0.15) is 44.9 Å². The van der Waals surface area contributed by atoms with Gasteiger partial charge in [-0.2, -0.15) is 11.8 Å². The summed E-state index contributed by atoms with van der Waals surface area (Å²) in [5, 5.41) is 0. The minimum Gasteiger partial charge on any atom is -0.343 e. The van der Waals surface area contributed by atoms with E-state index >= 15 is 0 Å². The molecule has 0 aromatic carbocycles. The van der Waals surface area contributed by atoms with Gasteiger partial charge in [-0.15, -0.1) is 0 Å². The van der Waals surface area contributed by atoms with Gasteiger partial charge in [-0.25, -0.2) is 0 Å². The molecule has 2 aliphatic rings. The van der Waals surface area contributed by atoms with E-state index in [0.29, 0.717) is 30.6 Å². The van der Waals surface area contributed by atoms with E-state index in [0.717, 1.165) is 51.2 Å². The predicted molar refractivity (Wildman–Crippen MR) is 87.4 cm³/mol. The second kappa shape index (κ2) is 8.66. The fourth-order valence-corrected chi connectivity index (χ4v) is 3.65. The van der Waals surface area contributed by atoms with Crippen molar-refractivity contribution >= 4 is 23.6 Å². The molecule has 5 heteroatoms. The summed E-state index contributed by atoms with van der Waals surface area (Å²) in [5.41, 5.74) is 0. The summed E-state index contributed by atoms with van der Waals surface area (Å²) in [5.74, 6) is 2.19. The van der Waals surface area contributed by atoms with Crippen LogP contribution in [0.3, 0.4) is 0 Å². The molecule has 0 N–H and O–H groups in total. The largest absolute Gasteiger partial charge is 0.343 e. The summed E-state index contributed by atoms with van der Waals surface area (Å²) in [6.45, 7) is 3.69. The third-order valence-electron chi connectivity index (χ3n) is 4.71. The highest BCUT2D eigenvalue weighted by Gasteiger charge is 2.24. The van der Waals surface area contributed by atoms with Gasteiger partial charge < -0.3 is 9.80 Å². The Morgan fingerprint density at radius 1 is 0.952 bits per heavy atom. The fraction of sp³-hybridized carbons (Fsp3) is 0.875. The van der Waals surface area contributed by atoms with E-state index < -0.39 is 0 Å². The molecule has 2 saturated heterocycles. The van der Waals surface area contributed by atoms with Gasteiger partial charge in [0.25, 0.3) is 0 Å². The third kappa shape index (κ3) is 5.20. The van der Waals surface area contributed by atoms with Crippen molar-refractivity contribution in [2.45, 2.75) is 44.9 Å². The summed E-state index contributed by atoms with van der Waals surface area (Å²) in [6.07, 6.45) is 8.88. The number of amides is 2. The Kier molecular flexibility index (Phi) is 6.87. The number of piperidine rings is 1. The van der Waals surface area contributed by atoms with Crippen molar-refractivity contribution in [1.82, 2.24) is 9.80 Å². The Morgan fingerprint density at radius 2 is 1.52 bits per heavy atom. The highest BCUT2D eigenvalue weighted by molar-refractivity contribution is 7.98. The van der Waals surface area contributed by atoms with Gasteiger partial charge in [-0.1, -0.05) is 0 Å². The molecule has 2 aliphatic heterocycles. The molecular formula is C16H28N2O2S. The van der Waals surface area contributed by atoms with Crippen molar-refractivity contribution in [2.75, 3.05) is 38.2 Å². The van der Waals surface area contributed by atoms with Gasteiger partial charge in [0.1, 0.15) is 0 Å². The number of likely N-dealkylation sites (tertiary alicyclic amines) is 2. The monoisotopic (exact) mass is 312 g/mol. The molecular weight excluding hydrogens is 284 g/mol. The maximum absolute atomic E-state index is 12.0. The maximum Gasteiger partial charge on any atom is 0.223 e. The highest BCUT2D eigenvalue weighted by Crippen LogP contribution is 2.23. The van der Waals surface area contributed by atoms with Crippen LogP contribution < -0.4 is 0 Å². The lowest BCUT2D eigenvalue weighted by Crippen LogP contribution is -2.39. The highest BCUT2D eigenvalue weighted by atomic mass is 32.2. The van der Waals surface area contributed by atoms with E-state index in [1.807, 2.05) is 16.1 Å². The van der Waals surface area contributed by atoms with Crippen molar-refractivity contribution in [3.05, 3.63) is 0 Å². The third-order valence-corrected chi connectivity index (χ3v) is 5.32. The zero-order valence-corrected chi connectivity index (χ0v) is 14.0. The van der Waals surface area contributed by atoms with Crippen LogP contribution in [0, 0.1) is 5.92 Å². The lowest BCUT2D eigenvalue weighted by Gasteiger charge is -2.32. The number of thioether (sulfide) groups is 1. The number of hydrogen-bond acceptors (Lipinski definition) is 3. The summed E-state index contributed by atoms with van der Waals surface area (Å²) < 4.78 is 0. The van der Waals surface area contributed by atoms with E-state index in [1.54, 1.807) is 11.8 Å². The van der Waals surface area contributed by atoms with Gasteiger partial charge in [0.15, 0.2) is 0 Å². The molecule has 2 amide bonds. The molecule has 0 spiro atoms. The van der Waals surface area contributed by atoms with E-state index in [9.17, 15) is 9.59 Å². The summed E-state index contributed by atoms with van der Waals surface area (Å²) in [4.78, 5) is 28.0. The number of carbonyl (C=O) groups is 2. The Bertz CT molecular complexity index is 348. The van der Waals surface area contributed by atoms with E-state index in [2.05, 4.69) is 0 Å². The van der Waals surface area contributed by atoms with Crippen molar-refractivity contribution in [1.29, 1.82) is 0 Å². The average Bonchev–Trinajstić information content (AvgIpc) is 3.05. The fourth-order valence-electron chi connectivity index (χ4n) is 3.27. The maximum atomic E-state index is 12.0. The first-order valence-corrected chi connectivity index (χ1v) is 9.64. The first kappa shape index (κ1) is 16.7. The molecule has 0 aromatic rings. The van der Waals surface area contributed by atoms with Crippen LogP contribution in [-0.4, -0.2) is 59.8 Å². The molecule has 0 bridgehead atoms. The Morgan fingerprint density at radius 3 is 2.14 bits per heavy atom. The SMILES string of the molecule is CSCCC(=O)N1CCC(CCC(=O)N2CCCC2)CC1. The predicted octanol–water partition coefficient (Wildman–Crippen LogP) is 2.38. The standard InChI is InChI=1S/C16H28N2O2S/c1-21-13-8-16(20)18-11-6-14(7-12-18)4-5-15(19)17-9-2-3-10-17/h14H,2-13H2,1H3. The van der Waals surface area contributed by atoms with E-state index in [-0.39, 0.29) is 0 Å². The molecule has 21 heavy (non-hydrogen) atoms. The molecule has 2 rings (SSSR count). The van der Waals surface area contributed by atoms with Gasteiger partial charge in [0.05, 0.1) is 0 Å². The Hall–Kier alpha value is -0.710. The van der Waals surface area contributed by atoms with Crippen LogP contribution in [0.2, 0.25) is 0 Å². The smallest absolute Gasteiger partial charge is 0.223 e. The molecule has 0 aliphatic carbocycles. The van der Waals surface area contributed by atoms with Gasteiger partial charge in [-0.05, 0) is 44.3 Å². The van der Waals surface area contributed by atoms with Gasteiger partial charge in [0.2, 0.25) is 11.8 Å². The van der Waals surface area contributed by atoms with Crippen LogP contribution in [0.15, 0.2) is 0 Å². The van der Waals surface area contributed by atoms with Crippen LogP contribution in [0.25, 0.3) is 0 Å². The molecule has 0 atom stereocenters. The molecule has 0 unspecified atom stereocenters. The van der Waals surface area contributed by atoms with Gasteiger partial charge >= 0.3 is 0 Å².